The molecule has 1 unspecified atom stereocenters. The van der Waals surface area contributed by atoms with Gasteiger partial charge in [-0.25, -0.2) is 4.99 Å². The molecule has 4 nitrogen and oxygen atoms in total. The average molecular weight is 246 g/mol. The molecule has 1 atom stereocenters. The smallest absolute Gasteiger partial charge is 0.200 e. The van der Waals surface area contributed by atoms with Gasteiger partial charge in [0.15, 0.2) is 0 Å². The molecular weight excluding hydrogens is 228 g/mol. The molecule has 18 heavy (non-hydrogen) atoms. The van der Waals surface area contributed by atoms with Crippen molar-refractivity contribution in [2.45, 2.75) is 11.8 Å². The number of fused-ring (bicyclic) bond motifs is 2. The number of nitrogens with zero attached hydrogens (tertiary/aromatic N) is 2. The third-order valence-corrected chi connectivity index (χ3v) is 4.00. The van der Waals surface area contributed by atoms with Gasteiger partial charge in [0.2, 0.25) is 5.90 Å². The molecule has 3 rings (SSSR count). The molecule has 1 aromatic rings. The van der Waals surface area contributed by atoms with Gasteiger partial charge in [0, 0.05) is 6.54 Å². The van der Waals surface area contributed by atoms with Crippen LogP contribution in [0.1, 0.15) is 12.0 Å². The lowest BCUT2D eigenvalue weighted by Crippen LogP contribution is -2.36. The van der Waals surface area contributed by atoms with E-state index in [2.05, 4.69) is 23.0 Å². The molecule has 0 aromatic heterocycles. The Bertz CT molecular complexity index is 513. The summed E-state index contributed by atoms with van der Waals surface area (Å²) in [6.07, 6.45) is 1.05. The summed E-state index contributed by atoms with van der Waals surface area (Å²) < 4.78 is 10.9. The number of likely N-dealkylation sites (tertiary alicyclic amines) is 1. The van der Waals surface area contributed by atoms with Crippen LogP contribution in [0.25, 0.3) is 0 Å². The summed E-state index contributed by atoms with van der Waals surface area (Å²) in [5.74, 6) is 1.73. The van der Waals surface area contributed by atoms with E-state index in [1.54, 1.807) is 14.2 Å². The van der Waals surface area contributed by atoms with Gasteiger partial charge in [-0.15, -0.1) is 0 Å². The number of methoxy groups -OCH3 is 2. The standard InChI is InChI=1S/C14H18N2O2/c1-16-7-6-14(9-16)11-8-10(17-2)4-5-12(11)15-13(14)18-3/h4-5,8H,6-7,9H2,1-3H3. The van der Waals surface area contributed by atoms with Gasteiger partial charge >= 0.3 is 0 Å². The summed E-state index contributed by atoms with van der Waals surface area (Å²) in [5.41, 5.74) is 2.18. The summed E-state index contributed by atoms with van der Waals surface area (Å²) in [5, 5.41) is 0. The summed E-state index contributed by atoms with van der Waals surface area (Å²) in [7, 11) is 5.55. The zero-order valence-electron chi connectivity index (χ0n) is 11.1. The predicted octanol–water partition coefficient (Wildman–Crippen LogP) is 1.96. The van der Waals surface area contributed by atoms with Gasteiger partial charge < -0.3 is 14.4 Å². The van der Waals surface area contributed by atoms with Crippen LogP contribution >= 0.6 is 0 Å². The van der Waals surface area contributed by atoms with Crippen LogP contribution in [-0.4, -0.2) is 45.2 Å². The van der Waals surface area contributed by atoms with Crippen molar-refractivity contribution in [2.24, 2.45) is 4.99 Å². The van der Waals surface area contributed by atoms with Crippen LogP contribution in [-0.2, 0) is 10.2 Å². The molecule has 96 valence electrons. The molecule has 0 saturated carbocycles. The van der Waals surface area contributed by atoms with Crippen LogP contribution in [0, 0.1) is 0 Å². The molecular formula is C14H18N2O2. The van der Waals surface area contributed by atoms with Crippen LogP contribution in [0.15, 0.2) is 23.2 Å². The molecule has 2 aliphatic rings. The molecule has 1 aromatic carbocycles. The first kappa shape index (κ1) is 11.5. The van der Waals surface area contributed by atoms with Crippen molar-refractivity contribution >= 4 is 11.6 Å². The molecule has 0 N–H and O–H groups in total. The monoisotopic (exact) mass is 246 g/mol. The van der Waals surface area contributed by atoms with Gasteiger partial charge in [0.05, 0.1) is 25.3 Å². The Morgan fingerprint density at radius 3 is 2.72 bits per heavy atom. The van der Waals surface area contributed by atoms with Gasteiger partial charge in [-0.1, -0.05) is 0 Å². The minimum absolute atomic E-state index is 0.0760. The highest BCUT2D eigenvalue weighted by Gasteiger charge is 2.49. The Labute approximate surface area is 107 Å². The lowest BCUT2D eigenvalue weighted by atomic mass is 9.80. The fourth-order valence-corrected chi connectivity index (χ4v) is 3.09. The Morgan fingerprint density at radius 1 is 1.28 bits per heavy atom. The molecule has 2 aliphatic heterocycles. The van der Waals surface area contributed by atoms with E-state index < -0.39 is 0 Å². The van der Waals surface area contributed by atoms with E-state index in [1.807, 2.05) is 12.1 Å². The first-order valence-electron chi connectivity index (χ1n) is 6.20. The highest BCUT2D eigenvalue weighted by atomic mass is 16.5. The molecule has 0 radical (unpaired) electrons. The molecule has 4 heteroatoms. The highest BCUT2D eigenvalue weighted by Crippen LogP contribution is 2.47. The molecule has 0 aliphatic carbocycles. The molecule has 1 saturated heterocycles. The SMILES string of the molecule is COC1=Nc2ccc(OC)cc2C12CCN(C)C2. The number of hydrogen-bond donors (Lipinski definition) is 0. The van der Waals surface area contributed by atoms with Crippen LogP contribution in [0.2, 0.25) is 0 Å². The van der Waals surface area contributed by atoms with Crippen LogP contribution < -0.4 is 4.74 Å². The lowest BCUT2D eigenvalue weighted by Gasteiger charge is -2.25. The van der Waals surface area contributed by atoms with Crippen LogP contribution in [0.4, 0.5) is 5.69 Å². The van der Waals surface area contributed by atoms with Crippen molar-refractivity contribution in [3.63, 3.8) is 0 Å². The molecule has 1 spiro atoms. The molecule has 0 amide bonds. The maximum Gasteiger partial charge on any atom is 0.200 e. The topological polar surface area (TPSA) is 34.1 Å². The second kappa shape index (κ2) is 3.99. The summed E-state index contributed by atoms with van der Waals surface area (Å²) in [6, 6.07) is 6.07. The summed E-state index contributed by atoms with van der Waals surface area (Å²) in [4.78, 5) is 6.95. The Kier molecular flexibility index (Phi) is 2.55. The van der Waals surface area contributed by atoms with Gasteiger partial charge in [-0.05, 0) is 43.8 Å². The predicted molar refractivity (Wildman–Crippen MR) is 70.9 cm³/mol. The minimum Gasteiger partial charge on any atom is -0.497 e. The van der Waals surface area contributed by atoms with Gasteiger partial charge in [0.1, 0.15) is 5.75 Å². The van der Waals surface area contributed by atoms with E-state index in [1.165, 1.54) is 5.56 Å². The number of hydrogen-bond acceptors (Lipinski definition) is 4. The first-order chi connectivity index (χ1) is 8.69. The van der Waals surface area contributed by atoms with Crippen LogP contribution in [0.3, 0.4) is 0 Å². The maximum atomic E-state index is 5.54. The second-order valence-corrected chi connectivity index (χ2v) is 5.07. The highest BCUT2D eigenvalue weighted by molar-refractivity contribution is 5.97. The van der Waals surface area contributed by atoms with Crippen molar-refractivity contribution in [1.82, 2.24) is 4.90 Å². The Morgan fingerprint density at radius 2 is 2.11 bits per heavy atom. The third-order valence-electron chi connectivity index (χ3n) is 4.00. The fourth-order valence-electron chi connectivity index (χ4n) is 3.09. The van der Waals surface area contributed by atoms with E-state index in [-0.39, 0.29) is 5.41 Å². The zero-order chi connectivity index (χ0) is 12.8. The fraction of sp³-hybridized carbons (Fsp3) is 0.500. The molecule has 1 fully saturated rings. The van der Waals surface area contributed by atoms with E-state index in [9.17, 15) is 0 Å². The van der Waals surface area contributed by atoms with E-state index in [0.29, 0.717) is 0 Å². The van der Waals surface area contributed by atoms with Gasteiger partial charge in [0.25, 0.3) is 0 Å². The van der Waals surface area contributed by atoms with Crippen molar-refractivity contribution < 1.29 is 9.47 Å². The zero-order valence-corrected chi connectivity index (χ0v) is 11.1. The normalized spacial score (nSPS) is 26.3. The van der Waals surface area contributed by atoms with Crippen LogP contribution in [0.5, 0.6) is 5.75 Å². The third kappa shape index (κ3) is 1.45. The summed E-state index contributed by atoms with van der Waals surface area (Å²) in [6.45, 7) is 2.03. The van der Waals surface area contributed by atoms with E-state index in [0.717, 1.165) is 36.8 Å². The molecule has 0 bridgehead atoms. The van der Waals surface area contributed by atoms with Crippen molar-refractivity contribution in [3.05, 3.63) is 23.8 Å². The number of aliphatic imine (C=N–C) groups is 1. The average Bonchev–Trinajstić information content (AvgIpc) is 2.92. The van der Waals surface area contributed by atoms with E-state index in [4.69, 9.17) is 9.47 Å². The lowest BCUT2D eigenvalue weighted by molar-refractivity contribution is 0.339. The van der Waals surface area contributed by atoms with Gasteiger partial charge in [-0.2, -0.15) is 0 Å². The van der Waals surface area contributed by atoms with Crippen molar-refractivity contribution in [3.8, 4) is 5.75 Å². The van der Waals surface area contributed by atoms with Gasteiger partial charge in [-0.3, -0.25) is 0 Å². The number of benzene rings is 1. The Balaban J connectivity index is 2.12. The first-order valence-corrected chi connectivity index (χ1v) is 6.20. The quantitative estimate of drug-likeness (QED) is 0.759. The maximum absolute atomic E-state index is 5.54. The number of rotatable bonds is 1. The second-order valence-electron chi connectivity index (χ2n) is 5.07. The number of likely N-dealkylation sites (N-methyl/N-ethyl adjacent to an activating group) is 1. The van der Waals surface area contributed by atoms with Crippen molar-refractivity contribution in [1.29, 1.82) is 0 Å². The van der Waals surface area contributed by atoms with E-state index >= 15 is 0 Å². The van der Waals surface area contributed by atoms with Crippen molar-refractivity contribution in [2.75, 3.05) is 34.4 Å². The Hall–Kier alpha value is -1.55. The minimum atomic E-state index is -0.0760. The number of ether oxygens (including phenoxy) is 2. The largest absolute Gasteiger partial charge is 0.497 e. The molecule has 2 heterocycles. The summed E-state index contributed by atoms with van der Waals surface area (Å²) >= 11 is 0.